The average molecular weight is 313 g/mol. The van der Waals surface area contributed by atoms with Crippen LogP contribution in [0.15, 0.2) is 18.2 Å². The molecule has 0 spiro atoms. The molecule has 1 N–H and O–H groups in total. The fourth-order valence-electron chi connectivity index (χ4n) is 2.04. The Morgan fingerprint density at radius 3 is 2.52 bits per heavy atom. The lowest BCUT2D eigenvalue weighted by Crippen LogP contribution is -2.31. The molecule has 116 valence electrons. The second-order valence-electron chi connectivity index (χ2n) is 6.39. The Morgan fingerprint density at radius 2 is 2.00 bits per heavy atom. The van der Waals surface area contributed by atoms with Gasteiger partial charge in [0.1, 0.15) is 0 Å². The number of non-ortho nitro benzene ring substituents is 1. The number of nitro benzene ring substituents is 1. The molecule has 0 aliphatic carbocycles. The lowest BCUT2D eigenvalue weighted by atomic mass is 9.90. The largest absolute Gasteiger partial charge is 0.351 e. The van der Waals surface area contributed by atoms with E-state index in [1.807, 2.05) is 0 Å². The quantitative estimate of drug-likeness (QED) is 0.512. The van der Waals surface area contributed by atoms with E-state index in [4.69, 9.17) is 11.6 Å². The van der Waals surface area contributed by atoms with Crippen LogP contribution in [0.25, 0.3) is 0 Å². The number of nitro groups is 1. The fraction of sp³-hybridized carbons (Fsp3) is 0.533. The second-order valence-corrected chi connectivity index (χ2v) is 7.00. The second kappa shape index (κ2) is 6.89. The molecular formula is C15H21ClN2O3. The van der Waals surface area contributed by atoms with Crippen LogP contribution in [-0.4, -0.2) is 22.8 Å². The normalized spacial score (nSPS) is 12.8. The van der Waals surface area contributed by atoms with Gasteiger partial charge in [-0.25, -0.2) is 0 Å². The first-order valence-electron chi connectivity index (χ1n) is 6.77. The Balaban J connectivity index is 2.70. The van der Waals surface area contributed by atoms with Crippen LogP contribution in [0.5, 0.6) is 0 Å². The Bertz CT molecular complexity index is 538. The third kappa shape index (κ3) is 6.12. The van der Waals surface area contributed by atoms with Crippen LogP contribution >= 0.6 is 11.6 Å². The molecular weight excluding hydrogens is 292 g/mol. The van der Waals surface area contributed by atoms with Gasteiger partial charge in [-0.05, 0) is 30.4 Å². The molecule has 0 fully saturated rings. The van der Waals surface area contributed by atoms with Gasteiger partial charge in [-0.3, -0.25) is 14.9 Å². The summed E-state index contributed by atoms with van der Waals surface area (Å²) in [6.07, 6.45) is 0.767. The molecule has 0 radical (unpaired) electrons. The molecule has 6 heteroatoms. The number of hydrogen-bond donors (Lipinski definition) is 1. The Kier molecular flexibility index (Phi) is 5.72. The van der Waals surface area contributed by atoms with Crippen LogP contribution in [0, 0.1) is 22.5 Å². The van der Waals surface area contributed by atoms with Crippen LogP contribution in [0.2, 0.25) is 0 Å². The number of carbonyl (C=O) groups excluding carboxylic acids is 1. The van der Waals surface area contributed by atoms with Crippen molar-refractivity contribution in [1.29, 1.82) is 0 Å². The summed E-state index contributed by atoms with van der Waals surface area (Å²) in [6.45, 7) is 8.28. The molecule has 1 aromatic carbocycles. The summed E-state index contributed by atoms with van der Waals surface area (Å²) >= 11 is 6.19. The molecule has 21 heavy (non-hydrogen) atoms. The monoisotopic (exact) mass is 312 g/mol. The van der Waals surface area contributed by atoms with Crippen LogP contribution in [0.4, 0.5) is 5.69 Å². The van der Waals surface area contributed by atoms with Crippen LogP contribution in [0.3, 0.4) is 0 Å². The molecule has 1 aromatic rings. The van der Waals surface area contributed by atoms with Crippen molar-refractivity contribution >= 4 is 23.2 Å². The fourth-order valence-corrected chi connectivity index (χ4v) is 2.58. The maximum atomic E-state index is 12.0. The number of amides is 1. The minimum absolute atomic E-state index is 0.0826. The van der Waals surface area contributed by atoms with Crippen molar-refractivity contribution in [3.8, 4) is 0 Å². The average Bonchev–Trinajstić information content (AvgIpc) is 2.33. The molecule has 0 saturated carbocycles. The minimum Gasteiger partial charge on any atom is -0.351 e. The van der Waals surface area contributed by atoms with E-state index in [1.54, 1.807) is 13.0 Å². The van der Waals surface area contributed by atoms with E-state index < -0.39 is 4.92 Å². The highest BCUT2D eigenvalue weighted by Gasteiger charge is 2.18. The number of nitrogens with one attached hydrogen (secondary N) is 1. The van der Waals surface area contributed by atoms with Crippen LogP contribution < -0.4 is 5.32 Å². The summed E-state index contributed by atoms with van der Waals surface area (Å²) in [5, 5.41) is 13.4. The van der Waals surface area contributed by atoms with Crippen molar-refractivity contribution in [1.82, 2.24) is 5.32 Å². The lowest BCUT2D eigenvalue weighted by Gasteiger charge is -2.22. The van der Waals surface area contributed by atoms with Crippen LogP contribution in [-0.2, 0) is 0 Å². The predicted octanol–water partition coefficient (Wildman–Crippen LogP) is 3.68. The predicted molar refractivity (Wildman–Crippen MR) is 83.9 cm³/mol. The molecule has 0 aliphatic rings. The molecule has 0 aliphatic heterocycles. The highest BCUT2D eigenvalue weighted by atomic mass is 35.5. The van der Waals surface area contributed by atoms with Gasteiger partial charge in [-0.15, -0.1) is 11.6 Å². The molecule has 1 unspecified atom stereocenters. The van der Waals surface area contributed by atoms with Crippen molar-refractivity contribution in [3.05, 3.63) is 39.4 Å². The lowest BCUT2D eigenvalue weighted by molar-refractivity contribution is -0.384. The van der Waals surface area contributed by atoms with Crippen molar-refractivity contribution in [3.63, 3.8) is 0 Å². The molecule has 5 nitrogen and oxygen atoms in total. The highest BCUT2D eigenvalue weighted by Crippen LogP contribution is 2.23. The smallest absolute Gasteiger partial charge is 0.270 e. The van der Waals surface area contributed by atoms with E-state index in [2.05, 4.69) is 26.1 Å². The third-order valence-corrected chi connectivity index (χ3v) is 3.16. The van der Waals surface area contributed by atoms with E-state index in [9.17, 15) is 14.9 Å². The number of benzene rings is 1. The Labute approximate surface area is 129 Å². The summed E-state index contributed by atoms with van der Waals surface area (Å²) in [4.78, 5) is 22.3. The van der Waals surface area contributed by atoms with E-state index >= 15 is 0 Å². The number of carbonyl (C=O) groups is 1. The van der Waals surface area contributed by atoms with Gasteiger partial charge >= 0.3 is 0 Å². The number of alkyl halides is 1. The summed E-state index contributed by atoms with van der Waals surface area (Å²) in [7, 11) is 0. The van der Waals surface area contributed by atoms with Gasteiger partial charge in [-0.1, -0.05) is 20.8 Å². The zero-order valence-corrected chi connectivity index (χ0v) is 13.5. The maximum Gasteiger partial charge on any atom is 0.270 e. The van der Waals surface area contributed by atoms with Crippen molar-refractivity contribution in [2.24, 2.45) is 5.41 Å². The summed E-state index contributed by atoms with van der Waals surface area (Å²) in [5.74, 6) is -0.346. The number of rotatable bonds is 5. The molecule has 1 amide bonds. The van der Waals surface area contributed by atoms with Gasteiger partial charge in [0.15, 0.2) is 0 Å². The molecule has 0 heterocycles. The van der Waals surface area contributed by atoms with Crippen molar-refractivity contribution in [2.75, 3.05) is 6.54 Å². The van der Waals surface area contributed by atoms with Gasteiger partial charge < -0.3 is 5.32 Å². The molecule has 1 rings (SSSR count). The summed E-state index contributed by atoms with van der Waals surface area (Å²) in [5.41, 5.74) is 0.948. The number of hydrogen-bond acceptors (Lipinski definition) is 3. The summed E-state index contributed by atoms with van der Waals surface area (Å²) in [6, 6.07) is 4.32. The van der Waals surface area contributed by atoms with Crippen LogP contribution in [0.1, 0.15) is 43.1 Å². The highest BCUT2D eigenvalue weighted by molar-refractivity contribution is 6.21. The van der Waals surface area contributed by atoms with E-state index in [-0.39, 0.29) is 28.0 Å². The number of nitrogens with zero attached hydrogens (tertiary/aromatic N) is 1. The topological polar surface area (TPSA) is 72.2 Å². The molecule has 0 aromatic heterocycles. The molecule has 0 saturated heterocycles. The maximum absolute atomic E-state index is 12.0. The Morgan fingerprint density at radius 1 is 1.38 bits per heavy atom. The third-order valence-electron chi connectivity index (χ3n) is 2.85. The number of halogens is 1. The minimum atomic E-state index is -0.506. The van der Waals surface area contributed by atoms with Crippen molar-refractivity contribution in [2.45, 2.75) is 39.5 Å². The van der Waals surface area contributed by atoms with Gasteiger partial charge in [0.2, 0.25) is 0 Å². The van der Waals surface area contributed by atoms with Gasteiger partial charge in [0, 0.05) is 24.2 Å². The zero-order chi connectivity index (χ0) is 16.2. The summed E-state index contributed by atoms with van der Waals surface area (Å²) < 4.78 is 0. The first-order valence-corrected chi connectivity index (χ1v) is 7.20. The molecule has 1 atom stereocenters. The Hall–Kier alpha value is -1.62. The van der Waals surface area contributed by atoms with E-state index in [0.717, 1.165) is 6.42 Å². The molecule has 0 bridgehead atoms. The zero-order valence-electron chi connectivity index (χ0n) is 12.8. The standard InChI is InChI=1S/C15H21ClN2O3/c1-10-5-11(7-13(6-10)18(20)21)14(19)17-9-12(16)8-15(2,3)4/h5-7,12H,8-9H2,1-4H3,(H,17,19). The number of aryl methyl sites for hydroxylation is 1. The van der Waals surface area contributed by atoms with Gasteiger partial charge in [-0.2, -0.15) is 0 Å². The first kappa shape index (κ1) is 17.4. The van der Waals surface area contributed by atoms with E-state index in [1.165, 1.54) is 12.1 Å². The van der Waals surface area contributed by atoms with E-state index in [0.29, 0.717) is 12.1 Å². The SMILES string of the molecule is Cc1cc(C(=O)NCC(Cl)CC(C)(C)C)cc([N+](=O)[O-])c1. The van der Waals surface area contributed by atoms with Crippen molar-refractivity contribution < 1.29 is 9.72 Å². The van der Waals surface area contributed by atoms with Gasteiger partial charge in [0.05, 0.1) is 10.3 Å². The first-order chi connectivity index (χ1) is 9.58. The van der Waals surface area contributed by atoms with Gasteiger partial charge in [0.25, 0.3) is 11.6 Å².